The Morgan fingerprint density at radius 2 is 1.97 bits per heavy atom. The van der Waals surface area contributed by atoms with Crippen LogP contribution in [0, 0.1) is 17.1 Å². The van der Waals surface area contributed by atoms with Crippen molar-refractivity contribution in [1.82, 2.24) is 4.90 Å². The molecule has 1 amide bonds. The largest absolute Gasteiger partial charge is 0.482 e. The average Bonchev–Trinajstić information content (AvgIpc) is 3.28. The first kappa shape index (κ1) is 25.8. The number of ether oxygens (including phenoxy) is 2. The number of carbonyl (C=O) groups is 1. The van der Waals surface area contributed by atoms with E-state index in [1.165, 1.54) is 29.2 Å². The Morgan fingerprint density at radius 1 is 1.25 bits per heavy atom. The lowest BCUT2D eigenvalue weighted by molar-refractivity contribution is -0.137. The minimum atomic E-state index is -4.80. The lowest BCUT2D eigenvalue weighted by Gasteiger charge is -2.29. The first-order valence-corrected chi connectivity index (χ1v) is 11.2. The van der Waals surface area contributed by atoms with E-state index in [1.807, 2.05) is 0 Å². The summed E-state index contributed by atoms with van der Waals surface area (Å²) in [6.07, 6.45) is -6.37. The summed E-state index contributed by atoms with van der Waals surface area (Å²) in [5.74, 6) is -1.34. The van der Waals surface area contributed by atoms with Crippen LogP contribution in [0.15, 0.2) is 36.4 Å². The summed E-state index contributed by atoms with van der Waals surface area (Å²) >= 11 is 5.46. The molecule has 0 aliphatic carbocycles. The van der Waals surface area contributed by atoms with Crippen molar-refractivity contribution in [2.24, 2.45) is 0 Å². The van der Waals surface area contributed by atoms with E-state index in [0.717, 1.165) is 17.0 Å². The summed E-state index contributed by atoms with van der Waals surface area (Å²) in [5.41, 5.74) is -2.69. The number of nitriles is 1. The Bertz CT molecular complexity index is 1260. The summed E-state index contributed by atoms with van der Waals surface area (Å²) in [4.78, 5) is 15.7. The monoisotopic (exact) mass is 523 g/mol. The van der Waals surface area contributed by atoms with Crippen LogP contribution in [0.1, 0.15) is 30.5 Å². The highest BCUT2D eigenvalue weighted by Crippen LogP contribution is 2.38. The summed E-state index contributed by atoms with van der Waals surface area (Å²) in [7, 11) is 0. The molecule has 0 bridgehead atoms. The van der Waals surface area contributed by atoms with E-state index in [9.17, 15) is 27.5 Å². The summed E-state index contributed by atoms with van der Waals surface area (Å²) in [6.45, 7) is 3.33. The molecule has 0 aromatic heterocycles. The molecular formula is C24H21F4N3O4S. The van der Waals surface area contributed by atoms with E-state index in [1.54, 1.807) is 19.9 Å². The lowest BCUT2D eigenvalue weighted by atomic mass is 10.0. The van der Waals surface area contributed by atoms with Crippen molar-refractivity contribution in [3.63, 3.8) is 0 Å². The van der Waals surface area contributed by atoms with E-state index < -0.39 is 46.8 Å². The molecule has 1 N–H and O–H groups in total. The van der Waals surface area contributed by atoms with Crippen LogP contribution >= 0.6 is 12.2 Å². The number of hydrogen-bond donors (Lipinski definition) is 1. The number of hydrogen-bond acceptors (Lipinski definition) is 6. The number of rotatable bonds is 5. The standard InChI is InChI=1S/C24H21F4N3O4S/c1-23(2)21(33)31(15-5-4-14(9-29)16(8-15)24(26,27)28)22(36)30(23)10-13-3-6-19(17(25)7-13)35-20-12-34-11-18(20)32/h3-8,18,20,32H,10-12H2,1-2H3/t18-,20-/m1/s1. The van der Waals surface area contributed by atoms with Gasteiger partial charge in [0.05, 0.1) is 36.1 Å². The highest BCUT2D eigenvalue weighted by Gasteiger charge is 2.50. The van der Waals surface area contributed by atoms with E-state index in [-0.39, 0.29) is 36.3 Å². The minimum Gasteiger partial charge on any atom is -0.482 e. The fourth-order valence-electron chi connectivity index (χ4n) is 4.05. The van der Waals surface area contributed by atoms with Crippen LogP contribution in [0.2, 0.25) is 0 Å². The van der Waals surface area contributed by atoms with Gasteiger partial charge in [0.1, 0.15) is 11.6 Å². The van der Waals surface area contributed by atoms with Gasteiger partial charge in [-0.25, -0.2) is 4.39 Å². The highest BCUT2D eigenvalue weighted by molar-refractivity contribution is 7.80. The van der Waals surface area contributed by atoms with E-state index in [0.29, 0.717) is 5.56 Å². The fourth-order valence-corrected chi connectivity index (χ4v) is 4.53. The second-order valence-electron chi connectivity index (χ2n) is 8.93. The molecule has 0 spiro atoms. The summed E-state index contributed by atoms with van der Waals surface area (Å²) in [6, 6.07) is 8.59. The van der Waals surface area contributed by atoms with Crippen LogP contribution in [0.4, 0.5) is 23.2 Å². The Hall–Kier alpha value is -3.27. The second kappa shape index (κ2) is 9.31. The van der Waals surface area contributed by atoms with Crippen LogP contribution in [0.5, 0.6) is 5.75 Å². The maximum Gasteiger partial charge on any atom is 0.417 e. The minimum absolute atomic E-state index is 0.0111. The number of nitrogens with zero attached hydrogens (tertiary/aromatic N) is 3. The Kier molecular flexibility index (Phi) is 6.68. The van der Waals surface area contributed by atoms with Crippen molar-refractivity contribution in [3.8, 4) is 11.8 Å². The van der Waals surface area contributed by atoms with Crippen LogP contribution in [0.25, 0.3) is 0 Å². The maximum absolute atomic E-state index is 14.7. The van der Waals surface area contributed by atoms with Crippen LogP contribution in [-0.4, -0.2) is 52.0 Å². The third kappa shape index (κ3) is 4.61. The Labute approximate surface area is 209 Å². The Morgan fingerprint density at radius 3 is 2.56 bits per heavy atom. The van der Waals surface area contributed by atoms with E-state index in [2.05, 4.69) is 0 Å². The van der Waals surface area contributed by atoms with Gasteiger partial charge in [-0.05, 0) is 62.0 Å². The SMILES string of the molecule is CC1(C)C(=O)N(c2ccc(C#N)c(C(F)(F)F)c2)C(=S)N1Cc1ccc(O[C@@H]2COC[C@H]2O)c(F)c1. The summed E-state index contributed by atoms with van der Waals surface area (Å²) in [5, 5.41) is 18.8. The maximum atomic E-state index is 14.7. The zero-order valence-electron chi connectivity index (χ0n) is 19.2. The molecule has 2 aromatic rings. The van der Waals surface area contributed by atoms with Gasteiger partial charge in [-0.2, -0.15) is 18.4 Å². The zero-order valence-corrected chi connectivity index (χ0v) is 20.0. The Balaban J connectivity index is 1.59. The molecule has 190 valence electrons. The van der Waals surface area contributed by atoms with Gasteiger partial charge in [-0.15, -0.1) is 0 Å². The molecule has 12 heteroatoms. The molecule has 4 rings (SSSR count). The fraction of sp³-hybridized carbons (Fsp3) is 0.375. The number of amides is 1. The quantitative estimate of drug-likeness (QED) is 0.472. The normalized spacial score (nSPS) is 21.7. The first-order chi connectivity index (χ1) is 16.8. The van der Waals surface area contributed by atoms with Crippen molar-refractivity contribution >= 4 is 28.9 Å². The molecule has 0 radical (unpaired) electrons. The number of aliphatic hydroxyl groups is 1. The first-order valence-electron chi connectivity index (χ1n) is 10.8. The predicted octanol–water partition coefficient (Wildman–Crippen LogP) is 3.77. The molecule has 0 saturated carbocycles. The number of anilines is 1. The van der Waals surface area contributed by atoms with Gasteiger partial charge in [0, 0.05) is 6.54 Å². The van der Waals surface area contributed by atoms with Gasteiger partial charge in [-0.1, -0.05) is 6.07 Å². The molecule has 2 aliphatic heterocycles. The number of halogens is 4. The zero-order chi connectivity index (χ0) is 26.4. The van der Waals surface area contributed by atoms with Gasteiger partial charge < -0.3 is 19.5 Å². The van der Waals surface area contributed by atoms with Crippen molar-refractivity contribution in [3.05, 3.63) is 58.9 Å². The third-order valence-electron chi connectivity index (χ3n) is 6.13. The smallest absolute Gasteiger partial charge is 0.417 e. The molecule has 2 aliphatic rings. The van der Waals surface area contributed by atoms with Gasteiger partial charge in [-0.3, -0.25) is 9.69 Å². The molecule has 2 atom stereocenters. The van der Waals surface area contributed by atoms with Crippen molar-refractivity contribution < 1.29 is 36.9 Å². The molecule has 2 saturated heterocycles. The lowest BCUT2D eigenvalue weighted by Crippen LogP contribution is -2.43. The van der Waals surface area contributed by atoms with Crippen molar-refractivity contribution in [1.29, 1.82) is 5.26 Å². The number of alkyl halides is 3. The topological polar surface area (TPSA) is 86.0 Å². The van der Waals surface area contributed by atoms with Crippen LogP contribution in [-0.2, 0) is 22.3 Å². The number of carbonyl (C=O) groups excluding carboxylic acids is 1. The van der Waals surface area contributed by atoms with Gasteiger partial charge >= 0.3 is 6.18 Å². The molecular weight excluding hydrogens is 502 g/mol. The highest BCUT2D eigenvalue weighted by atomic mass is 32.1. The average molecular weight is 524 g/mol. The second-order valence-corrected chi connectivity index (χ2v) is 9.30. The van der Waals surface area contributed by atoms with Crippen LogP contribution < -0.4 is 9.64 Å². The molecule has 0 unspecified atom stereocenters. The van der Waals surface area contributed by atoms with Crippen molar-refractivity contribution in [2.75, 3.05) is 18.1 Å². The van der Waals surface area contributed by atoms with Gasteiger partial charge in [0.2, 0.25) is 0 Å². The van der Waals surface area contributed by atoms with Gasteiger partial charge in [0.25, 0.3) is 5.91 Å². The number of aliphatic hydroxyl groups excluding tert-OH is 1. The third-order valence-corrected chi connectivity index (χ3v) is 6.53. The van der Waals surface area contributed by atoms with Crippen LogP contribution in [0.3, 0.4) is 0 Å². The van der Waals surface area contributed by atoms with Gasteiger partial charge in [0.15, 0.2) is 22.8 Å². The van der Waals surface area contributed by atoms with Crippen molar-refractivity contribution in [2.45, 2.75) is 44.3 Å². The molecule has 36 heavy (non-hydrogen) atoms. The van der Waals surface area contributed by atoms with E-state index >= 15 is 0 Å². The number of thiocarbonyl (C=S) groups is 1. The molecule has 7 nitrogen and oxygen atoms in total. The van der Waals surface area contributed by atoms with E-state index in [4.69, 9.17) is 27.0 Å². The number of benzene rings is 2. The summed E-state index contributed by atoms with van der Waals surface area (Å²) < 4.78 is 65.7. The molecule has 2 fully saturated rings. The molecule has 2 heterocycles. The predicted molar refractivity (Wildman–Crippen MR) is 124 cm³/mol. The molecule has 2 aromatic carbocycles.